The molecule has 8 nitrogen and oxygen atoms in total. The van der Waals surface area contributed by atoms with Gasteiger partial charge >= 0.3 is 12.1 Å². The van der Waals surface area contributed by atoms with Gasteiger partial charge in [-0.1, -0.05) is 54.1 Å². The van der Waals surface area contributed by atoms with Gasteiger partial charge in [0.1, 0.15) is 18.7 Å². The highest BCUT2D eigenvalue weighted by molar-refractivity contribution is 6.30. The zero-order valence-corrected chi connectivity index (χ0v) is 17.0. The van der Waals surface area contributed by atoms with Gasteiger partial charge < -0.3 is 25.6 Å². The Labute approximate surface area is 178 Å². The second-order valence-electron chi connectivity index (χ2n) is 6.65. The van der Waals surface area contributed by atoms with Gasteiger partial charge in [0.25, 0.3) is 0 Å². The van der Waals surface area contributed by atoms with Crippen molar-refractivity contribution >= 4 is 29.6 Å². The largest absolute Gasteiger partial charge is 0.480 e. The van der Waals surface area contributed by atoms with E-state index < -0.39 is 36.2 Å². The first kappa shape index (κ1) is 23.2. The zero-order valence-electron chi connectivity index (χ0n) is 16.2. The lowest BCUT2D eigenvalue weighted by molar-refractivity contribution is -0.142. The maximum Gasteiger partial charge on any atom is 0.408 e. The third-order valence-corrected chi connectivity index (χ3v) is 4.47. The molecule has 2 rings (SSSR count). The maximum absolute atomic E-state index is 12.5. The van der Waals surface area contributed by atoms with Gasteiger partial charge in [0, 0.05) is 11.4 Å². The number of hydrogen-bond donors (Lipinski definition) is 4. The van der Waals surface area contributed by atoms with Gasteiger partial charge in [-0.05, 0) is 30.2 Å². The number of aliphatic hydroxyl groups excluding tert-OH is 1. The molecule has 2 amide bonds. The van der Waals surface area contributed by atoms with E-state index in [2.05, 4.69) is 10.6 Å². The van der Waals surface area contributed by atoms with Gasteiger partial charge in [0.05, 0.1) is 6.10 Å². The molecule has 0 aliphatic heterocycles. The zero-order chi connectivity index (χ0) is 22.1. The number of carboxylic acid groups (broad SMARTS) is 1. The van der Waals surface area contributed by atoms with Gasteiger partial charge in [-0.3, -0.25) is 4.79 Å². The standard InChI is InChI=1S/C21H23ClN2O6/c1-13(25)18(24-21(29)30-12-15-5-3-2-4-6-15)19(26)23-17(20(27)28)11-14-7-9-16(22)10-8-14/h2-10,13,17-18,25H,11-12H2,1H3,(H,23,26)(H,24,29)(H,27,28)/t13-,17+,18+/m1/s1. The van der Waals surface area contributed by atoms with Crippen molar-refractivity contribution in [2.24, 2.45) is 0 Å². The topological polar surface area (TPSA) is 125 Å². The molecule has 0 radical (unpaired) electrons. The summed E-state index contributed by atoms with van der Waals surface area (Å²) in [5.74, 6) is -2.10. The fourth-order valence-electron chi connectivity index (χ4n) is 2.61. The minimum atomic E-state index is -1.39. The maximum atomic E-state index is 12.5. The Bertz CT molecular complexity index is 858. The number of amides is 2. The average molecular weight is 435 g/mol. The summed E-state index contributed by atoms with van der Waals surface area (Å²) in [5.41, 5.74) is 1.40. The van der Waals surface area contributed by atoms with Gasteiger partial charge in [0.2, 0.25) is 5.91 Å². The molecule has 0 aromatic heterocycles. The van der Waals surface area contributed by atoms with Crippen molar-refractivity contribution in [3.8, 4) is 0 Å². The lowest BCUT2D eigenvalue weighted by atomic mass is 10.0. The van der Waals surface area contributed by atoms with Gasteiger partial charge in [-0.2, -0.15) is 0 Å². The third kappa shape index (κ3) is 7.38. The molecular weight excluding hydrogens is 412 g/mol. The van der Waals surface area contributed by atoms with Gasteiger partial charge in [0.15, 0.2) is 0 Å². The van der Waals surface area contributed by atoms with Crippen LogP contribution >= 0.6 is 11.6 Å². The van der Waals surface area contributed by atoms with Crippen molar-refractivity contribution in [2.45, 2.75) is 38.1 Å². The summed E-state index contributed by atoms with van der Waals surface area (Å²) < 4.78 is 5.05. The van der Waals surface area contributed by atoms with Crippen LogP contribution in [0.5, 0.6) is 0 Å². The normalized spacial score (nSPS) is 13.6. The number of nitrogens with one attached hydrogen (secondary N) is 2. The number of ether oxygens (including phenoxy) is 1. The summed E-state index contributed by atoms with van der Waals surface area (Å²) in [6, 6.07) is 12.8. The molecule has 0 heterocycles. The number of carboxylic acids is 1. The minimum Gasteiger partial charge on any atom is -0.480 e. The van der Waals surface area contributed by atoms with Crippen molar-refractivity contribution in [1.29, 1.82) is 0 Å². The van der Waals surface area contributed by atoms with Crippen LogP contribution in [-0.4, -0.2) is 46.4 Å². The van der Waals surface area contributed by atoms with Crippen LogP contribution in [0.4, 0.5) is 4.79 Å². The van der Waals surface area contributed by atoms with Crippen molar-refractivity contribution < 1.29 is 29.3 Å². The number of carbonyl (C=O) groups excluding carboxylic acids is 2. The molecule has 0 unspecified atom stereocenters. The summed E-state index contributed by atoms with van der Waals surface area (Å²) in [6.07, 6.45) is -2.19. The van der Waals surface area contributed by atoms with Crippen LogP contribution in [0.1, 0.15) is 18.1 Å². The monoisotopic (exact) mass is 434 g/mol. The fourth-order valence-corrected chi connectivity index (χ4v) is 2.74. The molecule has 160 valence electrons. The summed E-state index contributed by atoms with van der Waals surface area (Å²) in [7, 11) is 0. The van der Waals surface area contributed by atoms with Gasteiger partial charge in [-0.25, -0.2) is 9.59 Å². The molecule has 0 fully saturated rings. The number of benzene rings is 2. The number of halogens is 1. The Kier molecular flexibility index (Phi) is 8.64. The van der Waals surface area contributed by atoms with Crippen LogP contribution in [0.25, 0.3) is 0 Å². The molecule has 0 saturated carbocycles. The number of hydrogen-bond acceptors (Lipinski definition) is 5. The molecule has 0 aliphatic carbocycles. The first-order valence-electron chi connectivity index (χ1n) is 9.19. The van der Waals surface area contributed by atoms with E-state index in [0.29, 0.717) is 10.6 Å². The number of rotatable bonds is 9. The highest BCUT2D eigenvalue weighted by Crippen LogP contribution is 2.11. The molecule has 3 atom stereocenters. The molecule has 9 heteroatoms. The van der Waals surface area contributed by atoms with E-state index in [0.717, 1.165) is 5.56 Å². The molecule has 0 spiro atoms. The van der Waals surface area contributed by atoms with E-state index in [1.54, 1.807) is 48.5 Å². The van der Waals surface area contributed by atoms with Crippen LogP contribution in [0.3, 0.4) is 0 Å². The first-order chi connectivity index (χ1) is 14.3. The number of carbonyl (C=O) groups is 3. The van der Waals surface area contributed by atoms with Crippen LogP contribution in [0, 0.1) is 0 Å². The lowest BCUT2D eigenvalue weighted by Gasteiger charge is -2.23. The smallest absolute Gasteiger partial charge is 0.408 e. The van der Waals surface area contributed by atoms with E-state index >= 15 is 0 Å². The minimum absolute atomic E-state index is 0.00320. The second-order valence-corrected chi connectivity index (χ2v) is 7.09. The molecule has 30 heavy (non-hydrogen) atoms. The Morgan fingerprint density at radius 2 is 1.63 bits per heavy atom. The van der Waals surface area contributed by atoms with Crippen LogP contribution in [0.2, 0.25) is 5.02 Å². The Hall–Kier alpha value is -3.10. The summed E-state index contributed by atoms with van der Waals surface area (Å²) >= 11 is 5.82. The third-order valence-electron chi connectivity index (χ3n) is 4.22. The fraction of sp³-hybridized carbons (Fsp3) is 0.286. The second kappa shape index (κ2) is 11.2. The Morgan fingerprint density at radius 3 is 2.20 bits per heavy atom. The summed E-state index contributed by atoms with van der Waals surface area (Å²) in [4.78, 5) is 36.1. The number of alkyl carbamates (subject to hydrolysis) is 1. The predicted molar refractivity (Wildman–Crippen MR) is 110 cm³/mol. The van der Waals surface area contributed by atoms with E-state index in [-0.39, 0.29) is 13.0 Å². The number of aliphatic hydroxyl groups is 1. The van der Waals surface area contributed by atoms with E-state index in [9.17, 15) is 24.6 Å². The Balaban J connectivity index is 1.97. The van der Waals surface area contributed by atoms with Crippen molar-refractivity contribution in [3.05, 3.63) is 70.7 Å². The Morgan fingerprint density at radius 1 is 1.00 bits per heavy atom. The lowest BCUT2D eigenvalue weighted by Crippen LogP contribution is -2.56. The predicted octanol–water partition coefficient (Wildman–Crippen LogP) is 2.13. The van der Waals surface area contributed by atoms with E-state index in [1.807, 2.05) is 6.07 Å². The number of aliphatic carboxylic acids is 1. The quantitative estimate of drug-likeness (QED) is 0.479. The van der Waals surface area contributed by atoms with E-state index in [1.165, 1.54) is 6.92 Å². The van der Waals surface area contributed by atoms with E-state index in [4.69, 9.17) is 16.3 Å². The van der Waals surface area contributed by atoms with Crippen molar-refractivity contribution in [2.75, 3.05) is 0 Å². The molecule has 0 aliphatic rings. The summed E-state index contributed by atoms with van der Waals surface area (Å²) in [6.45, 7) is 1.28. The molecular formula is C21H23ClN2O6. The van der Waals surface area contributed by atoms with Crippen molar-refractivity contribution in [3.63, 3.8) is 0 Å². The van der Waals surface area contributed by atoms with Crippen LogP contribution in [0.15, 0.2) is 54.6 Å². The molecule has 2 aromatic carbocycles. The highest BCUT2D eigenvalue weighted by atomic mass is 35.5. The highest BCUT2D eigenvalue weighted by Gasteiger charge is 2.30. The molecule has 2 aromatic rings. The molecule has 0 saturated heterocycles. The van der Waals surface area contributed by atoms with Crippen LogP contribution < -0.4 is 10.6 Å². The van der Waals surface area contributed by atoms with Crippen molar-refractivity contribution in [1.82, 2.24) is 10.6 Å². The average Bonchev–Trinajstić information content (AvgIpc) is 2.71. The SMILES string of the molecule is C[C@@H](O)[C@H](NC(=O)OCc1ccccc1)C(=O)N[C@@H](Cc1ccc(Cl)cc1)C(=O)O. The van der Waals surface area contributed by atoms with Crippen LogP contribution in [-0.2, 0) is 27.4 Å². The van der Waals surface area contributed by atoms with Gasteiger partial charge in [-0.15, -0.1) is 0 Å². The summed E-state index contributed by atoms with van der Waals surface area (Å²) in [5, 5.41) is 24.4. The molecule has 4 N–H and O–H groups in total. The first-order valence-corrected chi connectivity index (χ1v) is 9.57. The molecule has 0 bridgehead atoms.